The van der Waals surface area contributed by atoms with Gasteiger partial charge in [-0.1, -0.05) is 30.3 Å². The normalized spacial score (nSPS) is 16.0. The maximum Gasteiger partial charge on any atom is 0.270 e. The van der Waals surface area contributed by atoms with Gasteiger partial charge in [0, 0.05) is 45.5 Å². The summed E-state index contributed by atoms with van der Waals surface area (Å²) in [6.45, 7) is 1.22. The predicted molar refractivity (Wildman–Crippen MR) is 118 cm³/mol. The lowest BCUT2D eigenvalue weighted by atomic mass is 9.90. The smallest absolute Gasteiger partial charge is 0.270 e. The van der Waals surface area contributed by atoms with Crippen molar-refractivity contribution in [3.63, 3.8) is 0 Å². The molecule has 1 saturated heterocycles. The molecule has 0 unspecified atom stereocenters. The van der Waals surface area contributed by atoms with Crippen LogP contribution in [0.1, 0.15) is 24.3 Å². The van der Waals surface area contributed by atoms with Crippen molar-refractivity contribution in [2.24, 2.45) is 7.05 Å². The standard InChI is InChI=1S/C24H22N4O3/c1-27-19-9-5-3-7-16(19)21(17(15-25)22(27)29)28-13-11-24(30-2,12-14-28)23-26-18-8-4-6-10-20(18)31-23/h3-10H,11-14H2,1-2H3. The van der Waals surface area contributed by atoms with Crippen LogP contribution < -0.4 is 10.5 Å². The number of ether oxygens (including phenoxy) is 1. The van der Waals surface area contributed by atoms with Crippen molar-refractivity contribution in [2.45, 2.75) is 18.4 Å². The highest BCUT2D eigenvalue weighted by Crippen LogP contribution is 2.40. The highest BCUT2D eigenvalue weighted by Gasteiger charge is 2.41. The first-order valence-electron chi connectivity index (χ1n) is 10.3. The van der Waals surface area contributed by atoms with Gasteiger partial charge in [0.05, 0.1) is 11.2 Å². The van der Waals surface area contributed by atoms with E-state index in [1.807, 2.05) is 48.5 Å². The fraction of sp³-hybridized carbons (Fsp3) is 0.292. The van der Waals surface area contributed by atoms with Crippen LogP contribution in [0.2, 0.25) is 0 Å². The number of hydrogen-bond acceptors (Lipinski definition) is 6. The number of rotatable bonds is 3. The molecule has 0 spiro atoms. The molecule has 7 nitrogen and oxygen atoms in total. The maximum absolute atomic E-state index is 12.8. The van der Waals surface area contributed by atoms with Crippen molar-refractivity contribution in [2.75, 3.05) is 25.1 Å². The highest BCUT2D eigenvalue weighted by molar-refractivity contribution is 5.95. The number of fused-ring (bicyclic) bond motifs is 2. The fourth-order valence-corrected chi connectivity index (χ4v) is 4.57. The zero-order valence-corrected chi connectivity index (χ0v) is 17.5. The van der Waals surface area contributed by atoms with Gasteiger partial charge in [0.1, 0.15) is 22.8 Å². The van der Waals surface area contributed by atoms with Crippen LogP contribution in [0.5, 0.6) is 0 Å². The first-order chi connectivity index (χ1) is 15.1. The molecule has 1 aliphatic heterocycles. The highest BCUT2D eigenvalue weighted by atomic mass is 16.5. The monoisotopic (exact) mass is 414 g/mol. The summed E-state index contributed by atoms with van der Waals surface area (Å²) in [6.07, 6.45) is 1.26. The molecule has 2 aromatic heterocycles. The van der Waals surface area contributed by atoms with Crippen LogP contribution in [0.4, 0.5) is 5.69 Å². The van der Waals surface area contributed by atoms with Crippen LogP contribution in [0, 0.1) is 11.3 Å². The van der Waals surface area contributed by atoms with Crippen molar-refractivity contribution in [1.82, 2.24) is 9.55 Å². The molecule has 0 bridgehead atoms. The Morgan fingerprint density at radius 3 is 2.55 bits per heavy atom. The summed E-state index contributed by atoms with van der Waals surface area (Å²) in [7, 11) is 3.38. The average molecular weight is 414 g/mol. The lowest BCUT2D eigenvalue weighted by Crippen LogP contribution is -2.45. The van der Waals surface area contributed by atoms with Gasteiger partial charge < -0.3 is 18.6 Å². The summed E-state index contributed by atoms with van der Waals surface area (Å²) >= 11 is 0. The minimum atomic E-state index is -0.641. The lowest BCUT2D eigenvalue weighted by molar-refractivity contribution is -0.0539. The van der Waals surface area contributed by atoms with E-state index in [1.165, 1.54) is 0 Å². The molecule has 0 aliphatic carbocycles. The number of methoxy groups -OCH3 is 1. The van der Waals surface area contributed by atoms with Gasteiger partial charge in [0.15, 0.2) is 5.58 Å². The summed E-state index contributed by atoms with van der Waals surface area (Å²) in [6, 6.07) is 17.5. The number of hydrogen-bond donors (Lipinski definition) is 0. The van der Waals surface area contributed by atoms with Crippen molar-refractivity contribution in [3.8, 4) is 6.07 Å². The summed E-state index contributed by atoms with van der Waals surface area (Å²) in [5.41, 5.74) is 2.30. The number of para-hydroxylation sites is 3. The third-order valence-corrected chi connectivity index (χ3v) is 6.35. The van der Waals surface area contributed by atoms with Gasteiger partial charge in [-0.25, -0.2) is 4.98 Å². The lowest BCUT2D eigenvalue weighted by Gasteiger charge is -2.40. The summed E-state index contributed by atoms with van der Waals surface area (Å²) in [5, 5.41) is 10.7. The first-order valence-corrected chi connectivity index (χ1v) is 10.3. The molecule has 5 rings (SSSR count). The number of anilines is 1. The van der Waals surface area contributed by atoms with Gasteiger partial charge in [-0.05, 0) is 18.2 Å². The first kappa shape index (κ1) is 19.3. The number of oxazole rings is 1. The molecule has 2 aromatic carbocycles. The molecular weight excluding hydrogens is 392 g/mol. The Kier molecular flexibility index (Phi) is 4.53. The molecule has 156 valence electrons. The third kappa shape index (κ3) is 2.91. The molecular formula is C24H22N4O3. The van der Waals surface area contributed by atoms with E-state index in [2.05, 4.69) is 16.0 Å². The van der Waals surface area contributed by atoms with E-state index in [-0.39, 0.29) is 11.1 Å². The zero-order chi connectivity index (χ0) is 21.6. The Balaban J connectivity index is 1.55. The molecule has 3 heterocycles. The van der Waals surface area contributed by atoms with Gasteiger partial charge in [0.2, 0.25) is 5.89 Å². The van der Waals surface area contributed by atoms with Gasteiger partial charge in [-0.3, -0.25) is 4.79 Å². The topological polar surface area (TPSA) is 84.3 Å². The van der Waals surface area contributed by atoms with Crippen molar-refractivity contribution in [3.05, 3.63) is 70.3 Å². The average Bonchev–Trinajstić information content (AvgIpc) is 3.26. The molecule has 0 N–H and O–H groups in total. The van der Waals surface area contributed by atoms with E-state index in [4.69, 9.17) is 9.15 Å². The minimum Gasteiger partial charge on any atom is -0.438 e. The Hall–Kier alpha value is -3.63. The Morgan fingerprint density at radius 2 is 1.84 bits per heavy atom. The molecule has 4 aromatic rings. The largest absolute Gasteiger partial charge is 0.438 e. The zero-order valence-electron chi connectivity index (χ0n) is 17.5. The quantitative estimate of drug-likeness (QED) is 0.508. The van der Waals surface area contributed by atoms with E-state index in [1.54, 1.807) is 18.7 Å². The number of pyridine rings is 1. The second-order valence-corrected chi connectivity index (χ2v) is 7.89. The summed E-state index contributed by atoms with van der Waals surface area (Å²) in [5.74, 6) is 0.574. The van der Waals surface area contributed by atoms with Gasteiger partial charge in [0.25, 0.3) is 5.56 Å². The molecule has 31 heavy (non-hydrogen) atoms. The second-order valence-electron chi connectivity index (χ2n) is 7.89. The second kappa shape index (κ2) is 7.25. The van der Waals surface area contributed by atoms with Crippen LogP contribution in [0.25, 0.3) is 22.0 Å². The summed E-state index contributed by atoms with van der Waals surface area (Å²) < 4.78 is 13.5. The predicted octanol–water partition coefficient (Wildman–Crippen LogP) is 3.69. The number of aryl methyl sites for hydroxylation is 1. The number of piperidine rings is 1. The van der Waals surface area contributed by atoms with Crippen molar-refractivity contribution in [1.29, 1.82) is 5.26 Å². The number of benzene rings is 2. The Labute approximate surface area is 179 Å². The number of nitrogens with zero attached hydrogens (tertiary/aromatic N) is 4. The van der Waals surface area contributed by atoms with Crippen LogP contribution in [-0.4, -0.2) is 29.8 Å². The van der Waals surface area contributed by atoms with Crippen LogP contribution in [0.15, 0.2) is 57.7 Å². The fourth-order valence-electron chi connectivity index (χ4n) is 4.57. The SMILES string of the molecule is COC1(c2nc3ccccc3o2)CCN(c2c(C#N)c(=O)n(C)c3ccccc23)CC1. The van der Waals surface area contributed by atoms with Crippen molar-refractivity contribution < 1.29 is 9.15 Å². The molecule has 0 amide bonds. The molecule has 0 radical (unpaired) electrons. The van der Waals surface area contributed by atoms with Crippen molar-refractivity contribution >= 4 is 27.7 Å². The molecule has 1 aliphatic rings. The summed E-state index contributed by atoms with van der Waals surface area (Å²) in [4.78, 5) is 19.6. The van der Waals surface area contributed by atoms with Crippen LogP contribution in [0.3, 0.4) is 0 Å². The number of nitriles is 1. The van der Waals surface area contributed by atoms with E-state index in [0.717, 1.165) is 22.0 Å². The van der Waals surface area contributed by atoms with Crippen LogP contribution in [-0.2, 0) is 17.4 Å². The van der Waals surface area contributed by atoms with E-state index in [0.29, 0.717) is 37.5 Å². The maximum atomic E-state index is 12.8. The van der Waals surface area contributed by atoms with Crippen LogP contribution >= 0.6 is 0 Å². The molecule has 0 atom stereocenters. The third-order valence-electron chi connectivity index (χ3n) is 6.35. The molecule has 0 saturated carbocycles. The van der Waals surface area contributed by atoms with Gasteiger partial charge in [-0.2, -0.15) is 5.26 Å². The van der Waals surface area contributed by atoms with Gasteiger partial charge >= 0.3 is 0 Å². The molecule has 1 fully saturated rings. The Bertz CT molecular complexity index is 1350. The Morgan fingerprint density at radius 1 is 1.13 bits per heavy atom. The minimum absolute atomic E-state index is 0.174. The van der Waals surface area contributed by atoms with E-state index < -0.39 is 5.60 Å². The van der Waals surface area contributed by atoms with E-state index in [9.17, 15) is 10.1 Å². The van der Waals surface area contributed by atoms with E-state index >= 15 is 0 Å². The van der Waals surface area contributed by atoms with Gasteiger partial charge in [-0.15, -0.1) is 0 Å². The molecule has 7 heteroatoms. The number of aromatic nitrogens is 2.